The van der Waals surface area contributed by atoms with Crippen LogP contribution in [0.3, 0.4) is 0 Å². The molecule has 0 saturated carbocycles. The molecule has 3 aromatic rings. The summed E-state index contributed by atoms with van der Waals surface area (Å²) in [5, 5.41) is 5.44. The first kappa shape index (κ1) is 20.4. The monoisotopic (exact) mass is 431 g/mol. The van der Waals surface area contributed by atoms with Gasteiger partial charge in [-0.05, 0) is 62.5 Å². The molecule has 1 aliphatic rings. The summed E-state index contributed by atoms with van der Waals surface area (Å²) in [7, 11) is 1.59. The van der Waals surface area contributed by atoms with E-state index in [0.717, 1.165) is 34.5 Å². The second-order valence-corrected chi connectivity index (χ2v) is 9.21. The van der Waals surface area contributed by atoms with E-state index < -0.39 is 0 Å². The van der Waals surface area contributed by atoms with Crippen molar-refractivity contribution in [1.29, 1.82) is 0 Å². The molecule has 4 rings (SSSR count). The van der Waals surface area contributed by atoms with Gasteiger partial charge in [-0.25, -0.2) is 4.98 Å². The normalized spacial score (nSPS) is 17.7. The minimum absolute atomic E-state index is 0.0345. The highest BCUT2D eigenvalue weighted by molar-refractivity contribution is 7.20. The average Bonchev–Trinajstić information content (AvgIpc) is 3.13. The summed E-state index contributed by atoms with van der Waals surface area (Å²) in [5.74, 6) is 1.35. The number of methoxy groups -OCH3 is 1. The van der Waals surface area contributed by atoms with Gasteiger partial charge in [0.2, 0.25) is 0 Å². The average molecular weight is 432 g/mol. The number of nitrogens with one attached hydrogen (secondary N) is 1. The van der Waals surface area contributed by atoms with E-state index in [1.807, 2.05) is 24.3 Å². The molecule has 1 N–H and O–H groups in total. The molecule has 0 spiro atoms. The number of halogens is 1. The Morgan fingerprint density at radius 1 is 1.38 bits per heavy atom. The Morgan fingerprint density at radius 2 is 2.24 bits per heavy atom. The third-order valence-corrected chi connectivity index (χ3v) is 6.91. The largest absolute Gasteiger partial charge is 0.495 e. The van der Waals surface area contributed by atoms with Crippen LogP contribution in [0.25, 0.3) is 21.1 Å². The van der Waals surface area contributed by atoms with Gasteiger partial charge in [0.05, 0.1) is 17.5 Å². The standard InChI is InChI=1S/C22H26ClN3O2S/c1-14-5-3-9-26(13-14)10-4-8-24-21(27)18-12-16-11-15-6-7-17(28-2)19(23)20(15)25-22(16)29-18/h6-7,11-12,14H,3-5,8-10,13H2,1-2H3,(H,24,27). The fraction of sp³-hybridized carbons (Fsp3) is 0.455. The molecule has 1 saturated heterocycles. The highest BCUT2D eigenvalue weighted by atomic mass is 35.5. The number of piperidine rings is 1. The molecule has 1 fully saturated rings. The Hall–Kier alpha value is -1.89. The highest BCUT2D eigenvalue weighted by Crippen LogP contribution is 2.35. The highest BCUT2D eigenvalue weighted by Gasteiger charge is 2.16. The molecule has 1 unspecified atom stereocenters. The number of fused-ring (bicyclic) bond motifs is 2. The van der Waals surface area contributed by atoms with Crippen molar-refractivity contribution in [2.45, 2.75) is 26.2 Å². The number of nitrogens with zero attached hydrogens (tertiary/aromatic N) is 2. The van der Waals surface area contributed by atoms with E-state index in [1.165, 1.54) is 37.3 Å². The lowest BCUT2D eigenvalue weighted by atomic mass is 10.0. The molecule has 2 aromatic heterocycles. The fourth-order valence-corrected chi connectivity index (χ4v) is 5.22. The molecule has 0 aliphatic carbocycles. The zero-order valence-electron chi connectivity index (χ0n) is 16.8. The van der Waals surface area contributed by atoms with Crippen molar-refractivity contribution >= 4 is 50.0 Å². The summed E-state index contributed by atoms with van der Waals surface area (Å²) in [6, 6.07) is 7.70. The number of rotatable bonds is 6. The van der Waals surface area contributed by atoms with Gasteiger partial charge in [0.25, 0.3) is 5.91 Å². The van der Waals surface area contributed by atoms with E-state index in [1.54, 1.807) is 7.11 Å². The molecule has 1 atom stereocenters. The topological polar surface area (TPSA) is 54.5 Å². The fourth-order valence-electron chi connectivity index (χ4n) is 4.00. The van der Waals surface area contributed by atoms with Crippen LogP contribution in [0, 0.1) is 5.92 Å². The zero-order chi connectivity index (χ0) is 20.4. The van der Waals surface area contributed by atoms with Crippen molar-refractivity contribution in [3.8, 4) is 5.75 Å². The first-order valence-corrected chi connectivity index (χ1v) is 11.3. The predicted octanol–water partition coefficient (Wildman–Crippen LogP) is 4.96. The van der Waals surface area contributed by atoms with E-state index in [9.17, 15) is 4.79 Å². The number of aromatic nitrogens is 1. The number of pyridine rings is 1. The number of carbonyl (C=O) groups excluding carboxylic acids is 1. The Balaban J connectivity index is 1.41. The SMILES string of the molecule is COc1ccc2cc3cc(C(=O)NCCCN4CCCC(C)C4)sc3nc2c1Cl. The zero-order valence-corrected chi connectivity index (χ0v) is 18.4. The van der Waals surface area contributed by atoms with Crippen molar-refractivity contribution in [2.75, 3.05) is 33.3 Å². The molecular formula is C22H26ClN3O2S. The summed E-state index contributed by atoms with van der Waals surface area (Å²) in [5.41, 5.74) is 0.697. The maximum atomic E-state index is 12.6. The maximum Gasteiger partial charge on any atom is 0.261 e. The van der Waals surface area contributed by atoms with Gasteiger partial charge >= 0.3 is 0 Å². The minimum Gasteiger partial charge on any atom is -0.495 e. The Labute approximate surface area is 180 Å². The number of amides is 1. The summed E-state index contributed by atoms with van der Waals surface area (Å²) < 4.78 is 5.28. The summed E-state index contributed by atoms with van der Waals surface area (Å²) in [6.45, 7) is 6.41. The van der Waals surface area contributed by atoms with E-state index in [2.05, 4.69) is 22.1 Å². The van der Waals surface area contributed by atoms with Crippen molar-refractivity contribution in [2.24, 2.45) is 5.92 Å². The molecule has 7 heteroatoms. The predicted molar refractivity (Wildman–Crippen MR) is 120 cm³/mol. The van der Waals surface area contributed by atoms with E-state index in [4.69, 9.17) is 16.3 Å². The van der Waals surface area contributed by atoms with Crippen molar-refractivity contribution < 1.29 is 9.53 Å². The van der Waals surface area contributed by atoms with Crippen molar-refractivity contribution in [3.05, 3.63) is 34.2 Å². The van der Waals surface area contributed by atoms with Gasteiger partial charge in [0.1, 0.15) is 15.6 Å². The van der Waals surface area contributed by atoms with E-state index in [-0.39, 0.29) is 5.91 Å². The second-order valence-electron chi connectivity index (χ2n) is 7.80. The number of hydrogen-bond acceptors (Lipinski definition) is 5. The molecular weight excluding hydrogens is 406 g/mol. The van der Waals surface area contributed by atoms with Gasteiger partial charge in [0.15, 0.2) is 0 Å². The van der Waals surface area contributed by atoms with Crippen molar-refractivity contribution in [3.63, 3.8) is 0 Å². The quantitative estimate of drug-likeness (QED) is 0.560. The molecule has 29 heavy (non-hydrogen) atoms. The second kappa shape index (κ2) is 8.86. The van der Waals surface area contributed by atoms with Gasteiger partial charge in [-0.2, -0.15) is 0 Å². The first-order chi connectivity index (χ1) is 14.0. The number of hydrogen-bond donors (Lipinski definition) is 1. The van der Waals surface area contributed by atoms with Crippen LogP contribution in [0.2, 0.25) is 5.02 Å². The first-order valence-electron chi connectivity index (χ1n) is 10.1. The minimum atomic E-state index is -0.0345. The Kier molecular flexibility index (Phi) is 6.23. The van der Waals surface area contributed by atoms with Crippen LogP contribution in [-0.4, -0.2) is 49.1 Å². The number of benzene rings is 1. The van der Waals surface area contributed by atoms with Crippen LogP contribution in [0.5, 0.6) is 5.75 Å². The van der Waals surface area contributed by atoms with Gasteiger partial charge < -0.3 is 15.0 Å². The van der Waals surface area contributed by atoms with Gasteiger partial charge in [-0.3, -0.25) is 4.79 Å². The van der Waals surface area contributed by atoms with Gasteiger partial charge in [-0.15, -0.1) is 11.3 Å². The number of carbonyl (C=O) groups is 1. The van der Waals surface area contributed by atoms with Gasteiger partial charge in [-0.1, -0.05) is 18.5 Å². The lowest BCUT2D eigenvalue weighted by molar-refractivity contribution is 0.0954. The smallest absolute Gasteiger partial charge is 0.261 e. The van der Waals surface area contributed by atoms with Crippen LogP contribution in [0.4, 0.5) is 0 Å². The molecule has 1 aliphatic heterocycles. The molecule has 0 bridgehead atoms. The van der Waals surface area contributed by atoms with Gasteiger partial charge in [0, 0.05) is 23.9 Å². The molecule has 5 nitrogen and oxygen atoms in total. The maximum absolute atomic E-state index is 12.6. The number of likely N-dealkylation sites (tertiary alicyclic amines) is 1. The third-order valence-electron chi connectivity index (χ3n) is 5.50. The molecule has 3 heterocycles. The van der Waals surface area contributed by atoms with E-state index in [0.29, 0.717) is 27.7 Å². The molecule has 1 amide bonds. The van der Waals surface area contributed by atoms with Crippen LogP contribution >= 0.6 is 22.9 Å². The lowest BCUT2D eigenvalue weighted by Crippen LogP contribution is -2.36. The summed E-state index contributed by atoms with van der Waals surface area (Å²) in [6.07, 6.45) is 3.59. The Bertz CT molecular complexity index is 1040. The van der Waals surface area contributed by atoms with Crippen LogP contribution in [0.15, 0.2) is 24.3 Å². The summed E-state index contributed by atoms with van der Waals surface area (Å²) in [4.78, 5) is 21.3. The third kappa shape index (κ3) is 4.49. The molecule has 0 radical (unpaired) electrons. The number of thiophene rings is 1. The summed E-state index contributed by atoms with van der Waals surface area (Å²) >= 11 is 7.80. The van der Waals surface area contributed by atoms with E-state index >= 15 is 0 Å². The van der Waals surface area contributed by atoms with Crippen LogP contribution in [0.1, 0.15) is 35.9 Å². The molecule has 154 valence electrons. The Morgan fingerprint density at radius 3 is 3.03 bits per heavy atom. The van der Waals surface area contributed by atoms with Crippen LogP contribution in [-0.2, 0) is 0 Å². The lowest BCUT2D eigenvalue weighted by Gasteiger charge is -2.30. The molecule has 1 aromatic carbocycles. The number of ether oxygens (including phenoxy) is 1. The van der Waals surface area contributed by atoms with Crippen molar-refractivity contribution in [1.82, 2.24) is 15.2 Å². The van der Waals surface area contributed by atoms with Crippen LogP contribution < -0.4 is 10.1 Å².